The second-order valence-electron chi connectivity index (χ2n) is 7.43. The maximum atomic E-state index is 12.5. The van der Waals surface area contributed by atoms with Crippen LogP contribution in [0.2, 0.25) is 0 Å². The third kappa shape index (κ3) is 5.62. The van der Waals surface area contributed by atoms with Gasteiger partial charge in [-0.25, -0.2) is 4.79 Å². The van der Waals surface area contributed by atoms with Gasteiger partial charge in [0.2, 0.25) is 5.91 Å². The van der Waals surface area contributed by atoms with Crippen LogP contribution in [-0.2, 0) is 11.2 Å². The fraction of sp³-hybridized carbons (Fsp3) is 0.174. The predicted molar refractivity (Wildman–Crippen MR) is 129 cm³/mol. The molecular formula is C23H22N6O4S. The van der Waals surface area contributed by atoms with Crippen molar-refractivity contribution in [3.8, 4) is 11.4 Å². The first-order valence-electron chi connectivity index (χ1n) is 10.3. The Balaban J connectivity index is 1.61. The molecule has 0 aliphatic rings. The maximum absolute atomic E-state index is 12.5. The minimum atomic E-state index is -0.600. The van der Waals surface area contributed by atoms with Crippen LogP contribution in [0.1, 0.15) is 17.1 Å². The van der Waals surface area contributed by atoms with Crippen molar-refractivity contribution >= 4 is 23.4 Å². The first-order valence-corrected chi connectivity index (χ1v) is 11.3. The van der Waals surface area contributed by atoms with E-state index < -0.39 is 11.2 Å². The number of rotatable bonds is 8. The SMILES string of the molecule is COc1cccc(-n2c(Cc3cc(=O)[nH]c(=O)[nH]3)nnc2SCC(=O)Nc2cccc(C)c2)c1. The lowest BCUT2D eigenvalue weighted by atomic mass is 10.2. The second-order valence-corrected chi connectivity index (χ2v) is 8.37. The van der Waals surface area contributed by atoms with Gasteiger partial charge in [-0.3, -0.25) is 19.1 Å². The number of carbonyl (C=O) groups is 1. The zero-order valence-corrected chi connectivity index (χ0v) is 19.3. The summed E-state index contributed by atoms with van der Waals surface area (Å²) in [5, 5.41) is 11.9. The van der Waals surface area contributed by atoms with Crippen molar-refractivity contribution in [2.75, 3.05) is 18.2 Å². The van der Waals surface area contributed by atoms with Gasteiger partial charge in [-0.1, -0.05) is 30.0 Å². The largest absolute Gasteiger partial charge is 0.497 e. The van der Waals surface area contributed by atoms with Crippen molar-refractivity contribution < 1.29 is 9.53 Å². The molecule has 0 saturated carbocycles. The number of hydrogen-bond acceptors (Lipinski definition) is 7. The Kier molecular flexibility index (Phi) is 6.93. The third-order valence-electron chi connectivity index (χ3n) is 4.81. The monoisotopic (exact) mass is 478 g/mol. The van der Waals surface area contributed by atoms with E-state index in [4.69, 9.17) is 4.74 Å². The molecule has 0 radical (unpaired) electrons. The van der Waals surface area contributed by atoms with Crippen LogP contribution in [0.15, 0.2) is 69.3 Å². The van der Waals surface area contributed by atoms with Crippen molar-refractivity contribution in [3.05, 3.63) is 92.5 Å². The number of nitrogens with one attached hydrogen (secondary N) is 3. The smallest absolute Gasteiger partial charge is 0.325 e. The molecule has 1 amide bonds. The highest BCUT2D eigenvalue weighted by Crippen LogP contribution is 2.25. The van der Waals surface area contributed by atoms with Gasteiger partial charge in [-0.15, -0.1) is 10.2 Å². The average molecular weight is 479 g/mol. The Morgan fingerprint density at radius 2 is 1.91 bits per heavy atom. The Morgan fingerprint density at radius 3 is 2.68 bits per heavy atom. The summed E-state index contributed by atoms with van der Waals surface area (Å²) in [5.41, 5.74) is 1.77. The van der Waals surface area contributed by atoms with E-state index in [1.165, 1.54) is 17.8 Å². The number of nitrogens with zero attached hydrogens (tertiary/aromatic N) is 3. The van der Waals surface area contributed by atoms with Crippen molar-refractivity contribution in [1.29, 1.82) is 0 Å². The van der Waals surface area contributed by atoms with Crippen LogP contribution < -0.4 is 21.3 Å². The van der Waals surface area contributed by atoms with E-state index >= 15 is 0 Å². The van der Waals surface area contributed by atoms with Gasteiger partial charge >= 0.3 is 5.69 Å². The molecule has 4 aromatic rings. The number of thioether (sulfide) groups is 1. The van der Waals surface area contributed by atoms with E-state index in [2.05, 4.69) is 25.5 Å². The summed E-state index contributed by atoms with van der Waals surface area (Å²) in [6, 6.07) is 16.1. The highest BCUT2D eigenvalue weighted by Gasteiger charge is 2.17. The zero-order valence-electron chi connectivity index (χ0n) is 18.5. The van der Waals surface area contributed by atoms with Gasteiger partial charge in [0, 0.05) is 29.9 Å². The van der Waals surface area contributed by atoms with Gasteiger partial charge in [0.05, 0.1) is 18.6 Å². The van der Waals surface area contributed by atoms with Crippen LogP contribution in [0.5, 0.6) is 5.75 Å². The normalized spacial score (nSPS) is 10.8. The number of methoxy groups -OCH3 is 1. The summed E-state index contributed by atoms with van der Waals surface area (Å²) < 4.78 is 7.11. The van der Waals surface area contributed by atoms with E-state index in [1.54, 1.807) is 11.7 Å². The molecule has 11 heteroatoms. The molecule has 174 valence electrons. The molecule has 0 aliphatic carbocycles. The van der Waals surface area contributed by atoms with Gasteiger partial charge in [-0.05, 0) is 36.8 Å². The molecule has 10 nitrogen and oxygen atoms in total. The van der Waals surface area contributed by atoms with Gasteiger partial charge in [0.1, 0.15) is 11.6 Å². The number of benzene rings is 2. The minimum absolute atomic E-state index is 0.109. The number of amides is 1. The van der Waals surface area contributed by atoms with Crippen molar-refractivity contribution in [2.24, 2.45) is 0 Å². The van der Waals surface area contributed by atoms with E-state index in [9.17, 15) is 14.4 Å². The molecule has 0 fully saturated rings. The lowest BCUT2D eigenvalue weighted by Crippen LogP contribution is -2.23. The number of ether oxygens (including phenoxy) is 1. The fourth-order valence-electron chi connectivity index (χ4n) is 3.35. The molecule has 0 unspecified atom stereocenters. The molecule has 2 aromatic carbocycles. The van der Waals surface area contributed by atoms with Gasteiger partial charge in [0.15, 0.2) is 5.16 Å². The molecule has 2 heterocycles. The van der Waals surface area contributed by atoms with E-state index in [0.717, 1.165) is 11.3 Å². The standard InChI is InChI=1S/C23H22N6O4S/c1-14-5-3-6-15(9-14)24-21(31)13-34-23-28-27-19(10-16-11-20(30)26-22(32)25-16)29(23)17-7-4-8-18(12-17)33-2/h3-9,11-12H,10,13H2,1-2H3,(H,24,31)(H2,25,26,30,32). The number of aromatic amines is 2. The molecule has 0 spiro atoms. The van der Waals surface area contributed by atoms with E-state index in [1.807, 2.05) is 55.5 Å². The summed E-state index contributed by atoms with van der Waals surface area (Å²) >= 11 is 1.22. The molecule has 0 bridgehead atoms. The number of carbonyl (C=O) groups excluding carboxylic acids is 1. The summed E-state index contributed by atoms with van der Waals surface area (Å²) in [6.45, 7) is 1.95. The topological polar surface area (TPSA) is 135 Å². The minimum Gasteiger partial charge on any atom is -0.497 e. The Hall–Kier alpha value is -4.12. The first-order chi connectivity index (χ1) is 16.4. The van der Waals surface area contributed by atoms with Crippen LogP contribution in [-0.4, -0.2) is 43.5 Å². The van der Waals surface area contributed by atoms with Crippen LogP contribution in [0.25, 0.3) is 5.69 Å². The van der Waals surface area contributed by atoms with E-state index in [-0.39, 0.29) is 18.1 Å². The van der Waals surface area contributed by atoms with Gasteiger partial charge < -0.3 is 15.0 Å². The molecule has 2 aromatic heterocycles. The highest BCUT2D eigenvalue weighted by molar-refractivity contribution is 7.99. The number of aryl methyl sites for hydroxylation is 1. The Labute approximate surface area is 198 Å². The van der Waals surface area contributed by atoms with Crippen molar-refractivity contribution in [3.63, 3.8) is 0 Å². The summed E-state index contributed by atoms with van der Waals surface area (Å²) in [5.74, 6) is 1.04. The van der Waals surface area contributed by atoms with Crippen LogP contribution in [0.4, 0.5) is 5.69 Å². The molecule has 0 aliphatic heterocycles. The van der Waals surface area contributed by atoms with Gasteiger partial charge in [-0.2, -0.15) is 0 Å². The molecule has 0 atom stereocenters. The molecule has 34 heavy (non-hydrogen) atoms. The highest BCUT2D eigenvalue weighted by atomic mass is 32.2. The molecule has 0 saturated heterocycles. The van der Waals surface area contributed by atoms with Crippen LogP contribution in [0, 0.1) is 6.92 Å². The summed E-state index contributed by atoms with van der Waals surface area (Å²) in [7, 11) is 1.57. The average Bonchev–Trinajstić information content (AvgIpc) is 3.19. The number of H-pyrrole nitrogens is 2. The molecule has 3 N–H and O–H groups in total. The van der Waals surface area contributed by atoms with Crippen LogP contribution >= 0.6 is 11.8 Å². The Morgan fingerprint density at radius 1 is 1.09 bits per heavy atom. The predicted octanol–water partition coefficient (Wildman–Crippen LogP) is 2.28. The molecule has 4 rings (SSSR count). The van der Waals surface area contributed by atoms with Crippen molar-refractivity contribution in [2.45, 2.75) is 18.5 Å². The zero-order chi connectivity index (χ0) is 24.1. The summed E-state index contributed by atoms with van der Waals surface area (Å²) in [4.78, 5) is 40.7. The number of anilines is 1. The lowest BCUT2D eigenvalue weighted by molar-refractivity contribution is -0.113. The fourth-order valence-corrected chi connectivity index (χ4v) is 4.12. The Bertz CT molecular complexity index is 1410. The quantitative estimate of drug-likeness (QED) is 0.331. The van der Waals surface area contributed by atoms with Crippen molar-refractivity contribution in [1.82, 2.24) is 24.7 Å². The maximum Gasteiger partial charge on any atom is 0.325 e. The number of aromatic nitrogens is 5. The van der Waals surface area contributed by atoms with Crippen LogP contribution in [0.3, 0.4) is 0 Å². The lowest BCUT2D eigenvalue weighted by Gasteiger charge is -2.12. The van der Waals surface area contributed by atoms with E-state index in [0.29, 0.717) is 28.1 Å². The first kappa shape index (κ1) is 23.1. The second kappa shape index (κ2) is 10.2. The number of hydrogen-bond donors (Lipinski definition) is 3. The molecular weight excluding hydrogens is 456 g/mol. The van der Waals surface area contributed by atoms with Gasteiger partial charge in [0.25, 0.3) is 5.56 Å². The third-order valence-corrected chi connectivity index (χ3v) is 5.74. The summed E-state index contributed by atoms with van der Waals surface area (Å²) in [6.07, 6.45) is 0.152.